The van der Waals surface area contributed by atoms with Gasteiger partial charge in [-0.05, 0) is 36.2 Å². The van der Waals surface area contributed by atoms with E-state index in [0.29, 0.717) is 18.1 Å². The van der Waals surface area contributed by atoms with Gasteiger partial charge in [0.1, 0.15) is 5.82 Å². The highest BCUT2D eigenvalue weighted by Crippen LogP contribution is 2.10. The Morgan fingerprint density at radius 1 is 1.15 bits per heavy atom. The predicted octanol–water partition coefficient (Wildman–Crippen LogP) is 3.18. The Morgan fingerprint density at radius 3 is 2.75 bits per heavy atom. The number of benzene rings is 1. The van der Waals surface area contributed by atoms with E-state index in [-0.39, 0.29) is 5.82 Å². The molecule has 0 saturated heterocycles. The van der Waals surface area contributed by atoms with Crippen LogP contribution in [0.2, 0.25) is 5.02 Å². The summed E-state index contributed by atoms with van der Waals surface area (Å²) >= 11 is 5.83. The Labute approximate surface area is 120 Å². The first kappa shape index (κ1) is 12.9. The van der Waals surface area contributed by atoms with Gasteiger partial charge in [-0.15, -0.1) is 5.10 Å². The maximum Gasteiger partial charge on any atom is 0.243 e. The number of halogens is 2. The van der Waals surface area contributed by atoms with E-state index in [0.717, 1.165) is 11.4 Å². The molecule has 20 heavy (non-hydrogen) atoms. The fourth-order valence-corrected chi connectivity index (χ4v) is 2.03. The van der Waals surface area contributed by atoms with Gasteiger partial charge in [-0.2, -0.15) is 4.98 Å². The summed E-state index contributed by atoms with van der Waals surface area (Å²) in [5.41, 5.74) is 1.79. The normalized spacial score (nSPS) is 10.9. The van der Waals surface area contributed by atoms with Gasteiger partial charge in [-0.25, -0.2) is 8.91 Å². The van der Waals surface area contributed by atoms with Crippen molar-refractivity contribution in [1.82, 2.24) is 14.6 Å². The third-order valence-electron chi connectivity index (χ3n) is 2.90. The van der Waals surface area contributed by atoms with Crippen molar-refractivity contribution < 1.29 is 4.39 Å². The number of nitrogens with one attached hydrogen (secondary N) is 1. The van der Waals surface area contributed by atoms with E-state index in [1.807, 2.05) is 24.3 Å². The van der Waals surface area contributed by atoms with E-state index in [1.165, 1.54) is 22.3 Å². The smallest absolute Gasteiger partial charge is 0.243 e. The Hall–Kier alpha value is -2.14. The number of rotatable bonds is 4. The van der Waals surface area contributed by atoms with Gasteiger partial charge in [-0.3, -0.25) is 0 Å². The Kier molecular flexibility index (Phi) is 3.52. The summed E-state index contributed by atoms with van der Waals surface area (Å²) in [6.45, 7) is 0.695. The topological polar surface area (TPSA) is 42.2 Å². The monoisotopic (exact) mass is 290 g/mol. The zero-order valence-electron chi connectivity index (χ0n) is 10.6. The van der Waals surface area contributed by atoms with Crippen molar-refractivity contribution in [2.75, 3.05) is 11.9 Å². The van der Waals surface area contributed by atoms with Crippen LogP contribution in [0.4, 0.5) is 10.3 Å². The second-order valence-electron chi connectivity index (χ2n) is 4.39. The van der Waals surface area contributed by atoms with Crippen LogP contribution in [0.3, 0.4) is 0 Å². The van der Waals surface area contributed by atoms with Gasteiger partial charge in [-0.1, -0.05) is 23.7 Å². The van der Waals surface area contributed by atoms with Crippen LogP contribution < -0.4 is 5.32 Å². The molecule has 3 rings (SSSR count). The van der Waals surface area contributed by atoms with Crippen LogP contribution >= 0.6 is 11.6 Å². The summed E-state index contributed by atoms with van der Waals surface area (Å²) in [6, 6.07) is 10.6. The molecule has 0 aliphatic rings. The zero-order valence-corrected chi connectivity index (χ0v) is 11.3. The van der Waals surface area contributed by atoms with Crippen LogP contribution in [-0.4, -0.2) is 21.1 Å². The minimum atomic E-state index is -0.338. The maximum absolute atomic E-state index is 13.0. The number of aromatic nitrogens is 3. The molecular weight excluding hydrogens is 279 g/mol. The molecule has 3 aromatic rings. The molecule has 0 spiro atoms. The second-order valence-corrected chi connectivity index (χ2v) is 4.83. The largest absolute Gasteiger partial charge is 0.353 e. The molecule has 0 atom stereocenters. The number of anilines is 1. The van der Waals surface area contributed by atoms with E-state index in [2.05, 4.69) is 15.4 Å². The van der Waals surface area contributed by atoms with E-state index in [4.69, 9.17) is 11.6 Å². The lowest BCUT2D eigenvalue weighted by Gasteiger charge is -2.02. The Bertz CT molecular complexity index is 724. The minimum absolute atomic E-state index is 0.338. The Balaban J connectivity index is 1.63. The fraction of sp³-hybridized carbons (Fsp3) is 0.143. The highest BCUT2D eigenvalue weighted by Gasteiger charge is 2.03. The molecule has 0 radical (unpaired) electrons. The zero-order chi connectivity index (χ0) is 13.9. The summed E-state index contributed by atoms with van der Waals surface area (Å²) < 4.78 is 14.4. The molecule has 0 saturated carbocycles. The number of nitrogens with zero attached hydrogens (tertiary/aromatic N) is 3. The molecular formula is C14H12ClFN4. The lowest BCUT2D eigenvalue weighted by atomic mass is 10.1. The SMILES string of the molecule is Fc1ccc2nc(NCCc3ccc(Cl)cc3)nn2c1. The lowest BCUT2D eigenvalue weighted by molar-refractivity contribution is 0.615. The lowest BCUT2D eigenvalue weighted by Crippen LogP contribution is -2.06. The van der Waals surface area contributed by atoms with Gasteiger partial charge in [0.05, 0.1) is 6.20 Å². The first-order valence-corrected chi connectivity index (χ1v) is 6.59. The third-order valence-corrected chi connectivity index (χ3v) is 3.16. The van der Waals surface area contributed by atoms with Crippen molar-refractivity contribution >= 4 is 23.2 Å². The number of fused-ring (bicyclic) bond motifs is 1. The summed E-state index contributed by atoms with van der Waals surface area (Å²) in [7, 11) is 0. The van der Waals surface area contributed by atoms with E-state index in [1.54, 1.807) is 6.07 Å². The van der Waals surface area contributed by atoms with Gasteiger partial charge in [0.15, 0.2) is 5.65 Å². The number of hydrogen-bond acceptors (Lipinski definition) is 3. The second kappa shape index (κ2) is 5.46. The molecule has 1 N–H and O–H groups in total. The average molecular weight is 291 g/mol. The fourth-order valence-electron chi connectivity index (χ4n) is 1.90. The summed E-state index contributed by atoms with van der Waals surface area (Å²) in [5.74, 6) is 0.152. The average Bonchev–Trinajstić information content (AvgIpc) is 2.83. The molecule has 0 unspecified atom stereocenters. The van der Waals surface area contributed by atoms with Crippen LogP contribution in [0.5, 0.6) is 0 Å². The molecule has 102 valence electrons. The van der Waals surface area contributed by atoms with Gasteiger partial charge >= 0.3 is 0 Å². The quantitative estimate of drug-likeness (QED) is 0.802. The molecule has 0 aliphatic heterocycles. The van der Waals surface area contributed by atoms with E-state index < -0.39 is 0 Å². The van der Waals surface area contributed by atoms with Crippen molar-refractivity contribution in [1.29, 1.82) is 0 Å². The van der Waals surface area contributed by atoms with E-state index in [9.17, 15) is 4.39 Å². The van der Waals surface area contributed by atoms with Crippen molar-refractivity contribution in [2.45, 2.75) is 6.42 Å². The predicted molar refractivity (Wildman–Crippen MR) is 76.6 cm³/mol. The van der Waals surface area contributed by atoms with Crippen LogP contribution in [0.25, 0.3) is 5.65 Å². The van der Waals surface area contributed by atoms with Gasteiger partial charge in [0.25, 0.3) is 0 Å². The van der Waals surface area contributed by atoms with Crippen LogP contribution in [0.15, 0.2) is 42.6 Å². The molecule has 4 nitrogen and oxygen atoms in total. The van der Waals surface area contributed by atoms with Crippen molar-refractivity contribution in [2.24, 2.45) is 0 Å². The third kappa shape index (κ3) is 2.88. The van der Waals surface area contributed by atoms with Crippen LogP contribution in [0.1, 0.15) is 5.56 Å². The van der Waals surface area contributed by atoms with Gasteiger partial charge < -0.3 is 5.32 Å². The summed E-state index contributed by atoms with van der Waals surface area (Å²) in [5, 5.41) is 8.00. The molecule has 0 aliphatic carbocycles. The number of pyridine rings is 1. The van der Waals surface area contributed by atoms with Gasteiger partial charge in [0, 0.05) is 11.6 Å². The maximum atomic E-state index is 13.0. The highest BCUT2D eigenvalue weighted by molar-refractivity contribution is 6.30. The van der Waals surface area contributed by atoms with Crippen molar-refractivity contribution in [3.63, 3.8) is 0 Å². The molecule has 0 amide bonds. The minimum Gasteiger partial charge on any atom is -0.353 e. The van der Waals surface area contributed by atoms with Crippen molar-refractivity contribution in [3.05, 3.63) is 59.0 Å². The van der Waals surface area contributed by atoms with Gasteiger partial charge in [0.2, 0.25) is 5.95 Å². The van der Waals surface area contributed by atoms with Crippen LogP contribution in [-0.2, 0) is 6.42 Å². The van der Waals surface area contributed by atoms with E-state index >= 15 is 0 Å². The van der Waals surface area contributed by atoms with Crippen LogP contribution in [0, 0.1) is 5.82 Å². The summed E-state index contributed by atoms with van der Waals surface area (Å²) in [4.78, 5) is 4.25. The molecule has 1 aromatic carbocycles. The van der Waals surface area contributed by atoms with Crippen molar-refractivity contribution in [3.8, 4) is 0 Å². The molecule has 2 heterocycles. The summed E-state index contributed by atoms with van der Waals surface area (Å²) in [6.07, 6.45) is 2.13. The first-order chi connectivity index (χ1) is 9.70. The highest BCUT2D eigenvalue weighted by atomic mass is 35.5. The number of hydrogen-bond donors (Lipinski definition) is 1. The molecule has 0 bridgehead atoms. The molecule has 6 heteroatoms. The molecule has 2 aromatic heterocycles. The first-order valence-electron chi connectivity index (χ1n) is 6.21. The Morgan fingerprint density at radius 2 is 1.95 bits per heavy atom. The standard InChI is InChI=1S/C14H12ClFN4/c15-11-3-1-10(2-4-11)7-8-17-14-18-13-6-5-12(16)9-20(13)19-14/h1-6,9H,7-8H2,(H,17,19). The molecule has 0 fully saturated rings.